The smallest absolute Gasteiger partial charge is 0.435 e. The van der Waals surface area contributed by atoms with Gasteiger partial charge in [0.1, 0.15) is 17.1 Å². The minimum Gasteiger partial charge on any atom is -0.436 e. The number of halogens is 4. The number of alkyl halides is 3. The number of aromatic nitrogens is 2. The van der Waals surface area contributed by atoms with Gasteiger partial charge in [-0.05, 0) is 80.0 Å². The highest BCUT2D eigenvalue weighted by Crippen LogP contribution is 2.47. The molecule has 1 aliphatic carbocycles. The van der Waals surface area contributed by atoms with Crippen LogP contribution in [0.5, 0.6) is 11.6 Å². The SMILES string of the molecule is Cc1cc(C2(C)CCC2)c(F)c(C)c1Oc1nnc(C(F)(F)F)c(C)c1C(=O)Nc1cccc(S(C)(=O)=O)c1. The van der Waals surface area contributed by atoms with Crippen LogP contribution in [0.3, 0.4) is 0 Å². The summed E-state index contributed by atoms with van der Waals surface area (Å²) in [6.07, 6.45) is -1.29. The Morgan fingerprint density at radius 3 is 2.31 bits per heavy atom. The number of rotatable bonds is 6. The van der Waals surface area contributed by atoms with Crippen molar-refractivity contribution < 1.29 is 35.5 Å². The first-order valence-electron chi connectivity index (χ1n) is 12.1. The first-order chi connectivity index (χ1) is 18.0. The van der Waals surface area contributed by atoms with Gasteiger partial charge in [-0.3, -0.25) is 4.79 Å². The maximum absolute atomic E-state index is 15.4. The predicted octanol–water partition coefficient (Wildman–Crippen LogP) is 6.45. The van der Waals surface area contributed by atoms with Crippen LogP contribution < -0.4 is 10.1 Å². The lowest BCUT2D eigenvalue weighted by molar-refractivity contribution is -0.142. The third-order valence-corrected chi connectivity index (χ3v) is 8.24. The van der Waals surface area contributed by atoms with Gasteiger partial charge in [-0.2, -0.15) is 13.2 Å². The van der Waals surface area contributed by atoms with Gasteiger partial charge in [-0.25, -0.2) is 12.8 Å². The molecule has 3 aromatic rings. The second-order valence-corrected chi connectivity index (χ2v) is 12.1. The molecular weight excluding hydrogens is 538 g/mol. The van der Waals surface area contributed by atoms with Crippen LogP contribution in [0.4, 0.5) is 23.2 Å². The summed E-state index contributed by atoms with van der Waals surface area (Å²) in [4.78, 5) is 13.2. The zero-order valence-corrected chi connectivity index (χ0v) is 22.8. The molecule has 4 rings (SSSR count). The van der Waals surface area contributed by atoms with Gasteiger partial charge in [0.2, 0.25) is 0 Å². The highest BCUT2D eigenvalue weighted by molar-refractivity contribution is 7.90. The van der Waals surface area contributed by atoms with E-state index in [0.29, 0.717) is 11.1 Å². The van der Waals surface area contributed by atoms with Gasteiger partial charge in [0.05, 0.1) is 4.90 Å². The van der Waals surface area contributed by atoms with Crippen LogP contribution in [0.1, 0.15) is 64.5 Å². The lowest BCUT2D eigenvalue weighted by atomic mass is 9.65. The lowest BCUT2D eigenvalue weighted by Crippen LogP contribution is -2.31. The number of nitrogens with one attached hydrogen (secondary N) is 1. The van der Waals surface area contributed by atoms with E-state index in [1.165, 1.54) is 31.2 Å². The maximum Gasteiger partial charge on any atom is 0.435 e. The normalized spacial score (nSPS) is 15.0. The van der Waals surface area contributed by atoms with Crippen LogP contribution in [0, 0.1) is 26.6 Å². The van der Waals surface area contributed by atoms with Gasteiger partial charge in [0.15, 0.2) is 15.5 Å². The summed E-state index contributed by atoms with van der Waals surface area (Å²) in [5.41, 5.74) is -1.63. The molecule has 0 aliphatic heterocycles. The number of carbonyl (C=O) groups excluding carboxylic acids is 1. The highest BCUT2D eigenvalue weighted by atomic mass is 32.2. The van der Waals surface area contributed by atoms with E-state index in [9.17, 15) is 26.4 Å². The van der Waals surface area contributed by atoms with E-state index < -0.39 is 50.4 Å². The number of carbonyl (C=O) groups is 1. The number of benzene rings is 2. The molecule has 0 radical (unpaired) electrons. The van der Waals surface area contributed by atoms with Crippen molar-refractivity contribution in [1.82, 2.24) is 10.2 Å². The van der Waals surface area contributed by atoms with Crippen LogP contribution in [0.2, 0.25) is 0 Å². The summed E-state index contributed by atoms with van der Waals surface area (Å²) in [6, 6.07) is 6.89. The van der Waals surface area contributed by atoms with Gasteiger partial charge in [0, 0.05) is 17.5 Å². The summed E-state index contributed by atoms with van der Waals surface area (Å²) in [5.74, 6) is -2.06. The molecule has 0 bridgehead atoms. The van der Waals surface area contributed by atoms with E-state index in [2.05, 4.69) is 15.5 Å². The monoisotopic (exact) mass is 565 g/mol. The Kier molecular flexibility index (Phi) is 7.22. The van der Waals surface area contributed by atoms with Crippen LogP contribution in [0.15, 0.2) is 35.2 Å². The average Bonchev–Trinajstić information content (AvgIpc) is 2.81. The molecule has 7 nitrogen and oxygen atoms in total. The Balaban J connectivity index is 1.79. The van der Waals surface area contributed by atoms with E-state index >= 15 is 4.39 Å². The lowest BCUT2D eigenvalue weighted by Gasteiger charge is -2.39. The number of sulfone groups is 1. The fourth-order valence-corrected chi connectivity index (χ4v) is 5.38. The zero-order chi connectivity index (χ0) is 28.9. The fraction of sp³-hybridized carbons (Fsp3) is 0.370. The summed E-state index contributed by atoms with van der Waals surface area (Å²) in [6.45, 7) is 6.19. The fourth-order valence-electron chi connectivity index (χ4n) is 4.72. The minimum absolute atomic E-state index is 0.0146. The van der Waals surface area contributed by atoms with E-state index in [1.54, 1.807) is 13.0 Å². The molecule has 1 aromatic heterocycles. The van der Waals surface area contributed by atoms with E-state index in [1.807, 2.05) is 6.92 Å². The topological polar surface area (TPSA) is 98.2 Å². The highest BCUT2D eigenvalue weighted by Gasteiger charge is 2.39. The van der Waals surface area contributed by atoms with Crippen LogP contribution in [-0.4, -0.2) is 30.8 Å². The third-order valence-electron chi connectivity index (χ3n) is 7.13. The van der Waals surface area contributed by atoms with Crippen molar-refractivity contribution in [3.63, 3.8) is 0 Å². The molecule has 0 saturated heterocycles. The largest absolute Gasteiger partial charge is 0.436 e. The standard InChI is InChI=1S/C27H27F4N3O4S/c1-14-12-19(26(4)10-7-11-26)21(28)16(3)22(14)38-25-20(15(2)23(33-34-25)27(29,30)31)24(35)32-17-8-6-9-18(13-17)39(5,36)37/h6,8-9,12-13H,7,10-11H2,1-5H3,(H,32,35). The Labute approximate surface area is 223 Å². The van der Waals surface area contributed by atoms with Crippen molar-refractivity contribution in [2.24, 2.45) is 0 Å². The van der Waals surface area contributed by atoms with Crippen molar-refractivity contribution in [3.8, 4) is 11.6 Å². The second kappa shape index (κ2) is 9.89. The van der Waals surface area contributed by atoms with E-state index in [0.717, 1.165) is 32.4 Å². The molecule has 1 aliphatic rings. The molecule has 1 amide bonds. The molecule has 1 fully saturated rings. The van der Waals surface area contributed by atoms with Gasteiger partial charge < -0.3 is 10.1 Å². The van der Waals surface area contributed by atoms with Crippen molar-refractivity contribution in [3.05, 3.63) is 69.7 Å². The molecule has 0 unspecified atom stereocenters. The Bertz CT molecular complexity index is 1580. The number of anilines is 1. The molecule has 2 aromatic carbocycles. The third kappa shape index (κ3) is 5.47. The molecule has 0 atom stereocenters. The van der Waals surface area contributed by atoms with Crippen molar-refractivity contribution >= 4 is 21.4 Å². The molecule has 0 spiro atoms. The quantitative estimate of drug-likeness (QED) is 0.345. The maximum atomic E-state index is 15.4. The molecule has 39 heavy (non-hydrogen) atoms. The van der Waals surface area contributed by atoms with E-state index in [-0.39, 0.29) is 27.3 Å². The van der Waals surface area contributed by atoms with Crippen molar-refractivity contribution in [2.75, 3.05) is 11.6 Å². The molecule has 208 valence electrons. The molecular formula is C27H27F4N3O4S. The number of ether oxygens (including phenoxy) is 1. The van der Waals surface area contributed by atoms with Crippen LogP contribution >= 0.6 is 0 Å². The van der Waals surface area contributed by atoms with Crippen molar-refractivity contribution in [1.29, 1.82) is 0 Å². The Morgan fingerprint density at radius 2 is 1.74 bits per heavy atom. The summed E-state index contributed by atoms with van der Waals surface area (Å²) < 4.78 is 86.0. The molecule has 12 heteroatoms. The van der Waals surface area contributed by atoms with Crippen LogP contribution in [0.25, 0.3) is 0 Å². The molecule has 1 saturated carbocycles. The van der Waals surface area contributed by atoms with Crippen LogP contribution in [-0.2, 0) is 21.4 Å². The molecule has 1 heterocycles. The average molecular weight is 566 g/mol. The minimum atomic E-state index is -4.92. The Hall–Kier alpha value is -3.54. The molecule has 1 N–H and O–H groups in total. The first-order valence-corrected chi connectivity index (χ1v) is 14.0. The Morgan fingerprint density at radius 1 is 1.08 bits per heavy atom. The first kappa shape index (κ1) is 28.5. The van der Waals surface area contributed by atoms with Gasteiger partial charge >= 0.3 is 6.18 Å². The number of hydrogen-bond donors (Lipinski definition) is 1. The predicted molar refractivity (Wildman–Crippen MR) is 136 cm³/mol. The zero-order valence-electron chi connectivity index (χ0n) is 22.0. The number of hydrogen-bond acceptors (Lipinski definition) is 6. The number of amides is 1. The second-order valence-electron chi connectivity index (χ2n) is 10.1. The van der Waals surface area contributed by atoms with Gasteiger partial charge in [-0.1, -0.05) is 19.4 Å². The summed E-state index contributed by atoms with van der Waals surface area (Å²) in [5, 5.41) is 9.22. The van der Waals surface area contributed by atoms with Gasteiger partial charge in [-0.15, -0.1) is 10.2 Å². The number of nitrogens with zero attached hydrogens (tertiary/aromatic N) is 2. The summed E-state index contributed by atoms with van der Waals surface area (Å²) in [7, 11) is -3.62. The number of aryl methyl sites for hydroxylation is 1. The summed E-state index contributed by atoms with van der Waals surface area (Å²) >= 11 is 0. The van der Waals surface area contributed by atoms with Gasteiger partial charge in [0.25, 0.3) is 11.8 Å². The van der Waals surface area contributed by atoms with E-state index in [4.69, 9.17) is 4.74 Å². The van der Waals surface area contributed by atoms with Crippen molar-refractivity contribution in [2.45, 2.75) is 63.4 Å².